The number of carbonyl (C=O) groups excluding carboxylic acids is 1. The van der Waals surface area contributed by atoms with Gasteiger partial charge >= 0.3 is 0 Å². The Labute approximate surface area is 134 Å². The van der Waals surface area contributed by atoms with Gasteiger partial charge in [0, 0.05) is 26.2 Å². The van der Waals surface area contributed by atoms with Crippen molar-refractivity contribution in [3.8, 4) is 0 Å². The number of hydrogen-bond acceptors (Lipinski definition) is 4. The molecule has 2 atom stereocenters. The van der Waals surface area contributed by atoms with Crippen LogP contribution in [-0.2, 0) is 9.53 Å². The molecule has 2 rings (SSSR count). The Hall–Kier alpha value is -0.360. The maximum absolute atomic E-state index is 12.6. The average Bonchev–Trinajstić information content (AvgIpc) is 2.90. The van der Waals surface area contributed by atoms with Gasteiger partial charge in [0.1, 0.15) is 0 Å². The molecule has 2 heterocycles. The average molecular weight is 320 g/mol. The third-order valence-electron chi connectivity index (χ3n) is 4.50. The number of ether oxygens (including phenoxy) is 1. The number of nitrogens with one attached hydrogen (secondary N) is 2. The minimum absolute atomic E-state index is 0. The molecular formula is C15H30ClN3O2. The van der Waals surface area contributed by atoms with E-state index in [1.54, 1.807) is 7.11 Å². The Bertz CT molecular complexity index is 316. The molecule has 0 aromatic carbocycles. The van der Waals surface area contributed by atoms with Crippen LogP contribution in [0.2, 0.25) is 0 Å². The van der Waals surface area contributed by atoms with Crippen LogP contribution < -0.4 is 10.6 Å². The van der Waals surface area contributed by atoms with Gasteiger partial charge in [0.25, 0.3) is 0 Å². The van der Waals surface area contributed by atoms with Crippen molar-refractivity contribution in [3.63, 3.8) is 0 Å². The zero-order valence-electron chi connectivity index (χ0n) is 13.3. The number of likely N-dealkylation sites (tertiary alicyclic amines) is 1. The number of methoxy groups -OCH3 is 1. The number of carbonyl (C=O) groups is 1. The normalized spacial score (nSPS) is 27.9. The SMILES string of the molecule is COCC1(C(=O)NC(C)CN2CCCCC2)CCNC1.Cl. The first-order chi connectivity index (χ1) is 9.66. The van der Waals surface area contributed by atoms with Crippen molar-refractivity contribution in [2.75, 3.05) is 46.4 Å². The molecule has 2 saturated heterocycles. The van der Waals surface area contributed by atoms with E-state index in [2.05, 4.69) is 22.5 Å². The van der Waals surface area contributed by atoms with Crippen molar-refractivity contribution in [2.24, 2.45) is 5.41 Å². The van der Waals surface area contributed by atoms with Crippen molar-refractivity contribution in [2.45, 2.75) is 38.6 Å². The molecule has 6 heteroatoms. The fraction of sp³-hybridized carbons (Fsp3) is 0.933. The summed E-state index contributed by atoms with van der Waals surface area (Å²) in [6, 6.07) is 0.204. The predicted molar refractivity (Wildman–Crippen MR) is 86.9 cm³/mol. The van der Waals surface area contributed by atoms with Crippen molar-refractivity contribution < 1.29 is 9.53 Å². The number of rotatable bonds is 6. The van der Waals surface area contributed by atoms with Gasteiger partial charge in [-0.3, -0.25) is 4.79 Å². The van der Waals surface area contributed by atoms with Crippen molar-refractivity contribution >= 4 is 18.3 Å². The highest BCUT2D eigenvalue weighted by atomic mass is 35.5. The smallest absolute Gasteiger partial charge is 0.230 e. The third kappa shape index (κ3) is 5.09. The van der Waals surface area contributed by atoms with E-state index in [-0.39, 0.29) is 29.8 Å². The molecule has 2 fully saturated rings. The van der Waals surface area contributed by atoms with Crippen LogP contribution in [0.25, 0.3) is 0 Å². The molecule has 0 aromatic rings. The number of hydrogen-bond donors (Lipinski definition) is 2. The van der Waals surface area contributed by atoms with E-state index in [1.807, 2.05) is 0 Å². The lowest BCUT2D eigenvalue weighted by molar-refractivity contribution is -0.133. The number of amides is 1. The first kappa shape index (κ1) is 18.7. The highest BCUT2D eigenvalue weighted by Crippen LogP contribution is 2.26. The largest absolute Gasteiger partial charge is 0.384 e. The molecule has 2 aliphatic rings. The van der Waals surface area contributed by atoms with Crippen LogP contribution >= 0.6 is 12.4 Å². The summed E-state index contributed by atoms with van der Waals surface area (Å²) in [5, 5.41) is 6.48. The molecule has 2 unspecified atom stereocenters. The lowest BCUT2D eigenvalue weighted by Gasteiger charge is -2.32. The molecule has 0 spiro atoms. The summed E-state index contributed by atoms with van der Waals surface area (Å²) in [5.41, 5.74) is -0.370. The van der Waals surface area contributed by atoms with E-state index in [0.29, 0.717) is 6.61 Å². The van der Waals surface area contributed by atoms with E-state index >= 15 is 0 Å². The second-order valence-electron chi connectivity index (χ2n) is 6.38. The zero-order valence-corrected chi connectivity index (χ0v) is 14.1. The number of halogens is 1. The summed E-state index contributed by atoms with van der Waals surface area (Å²) in [5.74, 6) is 0.147. The molecule has 0 radical (unpaired) electrons. The van der Waals surface area contributed by atoms with E-state index in [4.69, 9.17) is 4.74 Å². The van der Waals surface area contributed by atoms with Gasteiger partial charge in [-0.15, -0.1) is 12.4 Å². The summed E-state index contributed by atoms with van der Waals surface area (Å²) >= 11 is 0. The van der Waals surface area contributed by atoms with Gasteiger partial charge in [-0.1, -0.05) is 6.42 Å². The van der Waals surface area contributed by atoms with Gasteiger partial charge in [0.15, 0.2) is 0 Å². The van der Waals surface area contributed by atoms with Crippen LogP contribution in [0.4, 0.5) is 0 Å². The van der Waals surface area contributed by atoms with E-state index < -0.39 is 0 Å². The van der Waals surface area contributed by atoms with Crippen molar-refractivity contribution in [1.82, 2.24) is 15.5 Å². The Kier molecular flexibility index (Phi) is 7.95. The van der Waals surface area contributed by atoms with Gasteiger partial charge in [0.2, 0.25) is 5.91 Å². The summed E-state index contributed by atoms with van der Waals surface area (Å²) in [6.07, 6.45) is 4.79. The van der Waals surface area contributed by atoms with Crippen LogP contribution in [0.5, 0.6) is 0 Å². The van der Waals surface area contributed by atoms with Gasteiger partial charge in [-0.05, 0) is 45.8 Å². The molecule has 21 heavy (non-hydrogen) atoms. The molecule has 0 bridgehead atoms. The highest BCUT2D eigenvalue weighted by Gasteiger charge is 2.41. The second-order valence-corrected chi connectivity index (χ2v) is 6.38. The fourth-order valence-electron chi connectivity index (χ4n) is 3.35. The summed E-state index contributed by atoms with van der Waals surface area (Å²) in [6.45, 7) is 7.54. The number of piperidine rings is 1. The minimum Gasteiger partial charge on any atom is -0.384 e. The maximum Gasteiger partial charge on any atom is 0.230 e. The quantitative estimate of drug-likeness (QED) is 0.767. The molecule has 0 saturated carbocycles. The first-order valence-corrected chi connectivity index (χ1v) is 7.89. The predicted octanol–water partition coefficient (Wildman–Crippen LogP) is 1.02. The van der Waals surface area contributed by atoms with E-state index in [0.717, 1.165) is 26.1 Å². The monoisotopic (exact) mass is 319 g/mol. The molecule has 2 aliphatic heterocycles. The second kappa shape index (κ2) is 8.93. The van der Waals surface area contributed by atoms with E-state index in [1.165, 1.54) is 32.4 Å². The summed E-state index contributed by atoms with van der Waals surface area (Å²) in [4.78, 5) is 15.0. The summed E-state index contributed by atoms with van der Waals surface area (Å²) in [7, 11) is 1.67. The lowest BCUT2D eigenvalue weighted by atomic mass is 9.86. The Morgan fingerprint density at radius 3 is 2.67 bits per heavy atom. The van der Waals surface area contributed by atoms with Crippen LogP contribution in [0.1, 0.15) is 32.6 Å². The molecule has 1 amide bonds. The van der Waals surface area contributed by atoms with E-state index in [9.17, 15) is 4.79 Å². The van der Waals surface area contributed by atoms with Gasteiger partial charge in [0.05, 0.1) is 12.0 Å². The standard InChI is InChI=1S/C15H29N3O2.ClH/c1-13(10-18-8-4-3-5-9-18)17-14(19)15(12-20-2)6-7-16-11-15;/h13,16H,3-12H2,1-2H3,(H,17,19);1H. The van der Waals surface area contributed by atoms with Crippen LogP contribution in [0.3, 0.4) is 0 Å². The minimum atomic E-state index is -0.370. The molecule has 2 N–H and O–H groups in total. The van der Waals surface area contributed by atoms with Gasteiger partial charge < -0.3 is 20.3 Å². The molecule has 0 aliphatic carbocycles. The molecular weight excluding hydrogens is 290 g/mol. The van der Waals surface area contributed by atoms with Crippen LogP contribution in [-0.4, -0.2) is 63.3 Å². The highest BCUT2D eigenvalue weighted by molar-refractivity contribution is 5.85. The maximum atomic E-state index is 12.6. The van der Waals surface area contributed by atoms with Crippen molar-refractivity contribution in [3.05, 3.63) is 0 Å². The Morgan fingerprint density at radius 2 is 2.10 bits per heavy atom. The fourth-order valence-corrected chi connectivity index (χ4v) is 3.35. The zero-order chi connectivity index (χ0) is 14.4. The van der Waals surface area contributed by atoms with Crippen molar-refractivity contribution in [1.29, 1.82) is 0 Å². The molecule has 124 valence electrons. The van der Waals surface area contributed by atoms with Crippen LogP contribution in [0.15, 0.2) is 0 Å². The topological polar surface area (TPSA) is 53.6 Å². The first-order valence-electron chi connectivity index (χ1n) is 7.89. The lowest BCUT2D eigenvalue weighted by Crippen LogP contribution is -2.51. The van der Waals surface area contributed by atoms with Crippen LogP contribution in [0, 0.1) is 5.41 Å². The molecule has 0 aromatic heterocycles. The summed E-state index contributed by atoms with van der Waals surface area (Å²) < 4.78 is 5.27. The number of nitrogens with zero attached hydrogens (tertiary/aromatic N) is 1. The molecule has 5 nitrogen and oxygen atoms in total. The third-order valence-corrected chi connectivity index (χ3v) is 4.50. The Morgan fingerprint density at radius 1 is 1.38 bits per heavy atom. The van der Waals surface area contributed by atoms with Gasteiger partial charge in [-0.25, -0.2) is 0 Å². The Balaban J connectivity index is 0.00000220. The van der Waals surface area contributed by atoms with Gasteiger partial charge in [-0.2, -0.15) is 0 Å².